The summed E-state index contributed by atoms with van der Waals surface area (Å²) < 4.78 is 2.36. The number of carbonyl (C=O) groups excluding carboxylic acids is 1. The number of benzene rings is 2. The Bertz CT molecular complexity index is 957. The molecule has 4 heteroatoms. The van der Waals surface area contributed by atoms with E-state index in [0.29, 0.717) is 6.54 Å². The highest BCUT2D eigenvalue weighted by atomic mass is 16.2. The lowest BCUT2D eigenvalue weighted by Crippen LogP contribution is -2.35. The van der Waals surface area contributed by atoms with Gasteiger partial charge in [-0.15, -0.1) is 0 Å². The van der Waals surface area contributed by atoms with Crippen molar-refractivity contribution < 1.29 is 4.79 Å². The zero-order valence-corrected chi connectivity index (χ0v) is 15.5. The Balaban J connectivity index is 1.60. The first-order valence-electron chi connectivity index (χ1n) is 9.38. The first-order chi connectivity index (χ1) is 12.7. The highest BCUT2D eigenvalue weighted by Crippen LogP contribution is 2.30. The van der Waals surface area contributed by atoms with E-state index in [0.717, 1.165) is 37.2 Å². The minimum atomic E-state index is -0.0285. The fourth-order valence-corrected chi connectivity index (χ4v) is 3.90. The third kappa shape index (κ3) is 3.07. The van der Waals surface area contributed by atoms with Gasteiger partial charge in [0.25, 0.3) is 0 Å². The van der Waals surface area contributed by atoms with Gasteiger partial charge < -0.3 is 14.8 Å². The second-order valence-corrected chi connectivity index (χ2v) is 7.13. The average Bonchev–Trinajstić information content (AvgIpc) is 2.86. The van der Waals surface area contributed by atoms with E-state index in [4.69, 9.17) is 0 Å². The molecule has 4 nitrogen and oxygen atoms in total. The fourth-order valence-electron chi connectivity index (χ4n) is 3.90. The van der Waals surface area contributed by atoms with E-state index < -0.39 is 0 Å². The molecular formula is C22H25N3O. The first kappa shape index (κ1) is 16.7. The molecule has 0 unspecified atom stereocenters. The third-order valence-corrected chi connectivity index (χ3v) is 5.10. The van der Waals surface area contributed by atoms with Gasteiger partial charge in [0, 0.05) is 42.4 Å². The van der Waals surface area contributed by atoms with Gasteiger partial charge in [-0.2, -0.15) is 0 Å². The van der Waals surface area contributed by atoms with Crippen LogP contribution < -0.4 is 5.32 Å². The van der Waals surface area contributed by atoms with Crippen LogP contribution in [0.4, 0.5) is 10.5 Å². The molecule has 3 aromatic rings. The molecule has 26 heavy (non-hydrogen) atoms. The molecule has 134 valence electrons. The summed E-state index contributed by atoms with van der Waals surface area (Å²) in [5.41, 5.74) is 5.88. The smallest absolute Gasteiger partial charge is 0.322 e. The number of nitrogens with zero attached hydrogens (tertiary/aromatic N) is 2. The molecular weight excluding hydrogens is 322 g/mol. The summed E-state index contributed by atoms with van der Waals surface area (Å²) in [4.78, 5) is 14.7. The average molecular weight is 347 g/mol. The molecule has 0 aliphatic carbocycles. The van der Waals surface area contributed by atoms with Crippen LogP contribution in [0.2, 0.25) is 0 Å². The van der Waals surface area contributed by atoms with Crippen molar-refractivity contribution >= 4 is 22.6 Å². The zero-order valence-electron chi connectivity index (χ0n) is 15.5. The van der Waals surface area contributed by atoms with Gasteiger partial charge in [0.15, 0.2) is 0 Å². The highest BCUT2D eigenvalue weighted by Gasteiger charge is 2.22. The molecule has 2 amide bonds. The lowest BCUT2D eigenvalue weighted by Gasteiger charge is -2.22. The number of aromatic nitrogens is 1. The van der Waals surface area contributed by atoms with Crippen LogP contribution in [0.3, 0.4) is 0 Å². The van der Waals surface area contributed by atoms with Crippen molar-refractivity contribution in [3.63, 3.8) is 0 Å². The SMILES string of the molecule is CCCn1cc2c3c(cccc31)CN(C(=O)Nc1cccc(C)c1)CC2. The molecule has 1 aliphatic rings. The predicted molar refractivity (Wildman–Crippen MR) is 107 cm³/mol. The first-order valence-corrected chi connectivity index (χ1v) is 9.38. The van der Waals surface area contributed by atoms with Crippen molar-refractivity contribution in [1.29, 1.82) is 0 Å². The van der Waals surface area contributed by atoms with E-state index >= 15 is 0 Å². The van der Waals surface area contributed by atoms with Crippen molar-refractivity contribution in [2.24, 2.45) is 0 Å². The Labute approximate surface area is 154 Å². The van der Waals surface area contributed by atoms with Crippen molar-refractivity contribution in [2.75, 3.05) is 11.9 Å². The van der Waals surface area contributed by atoms with Crippen LogP contribution in [0.25, 0.3) is 10.9 Å². The number of nitrogens with one attached hydrogen (secondary N) is 1. The van der Waals surface area contributed by atoms with E-state index in [1.807, 2.05) is 36.1 Å². The normalized spacial score (nSPS) is 13.7. The van der Waals surface area contributed by atoms with Crippen LogP contribution in [0.5, 0.6) is 0 Å². The summed E-state index contributed by atoms with van der Waals surface area (Å²) in [6.07, 6.45) is 4.30. The molecule has 0 spiro atoms. The number of hydrogen-bond acceptors (Lipinski definition) is 1. The van der Waals surface area contributed by atoms with Gasteiger partial charge in [0.05, 0.1) is 0 Å². The molecule has 0 saturated heterocycles. The maximum Gasteiger partial charge on any atom is 0.322 e. The zero-order chi connectivity index (χ0) is 18.1. The maximum absolute atomic E-state index is 12.8. The summed E-state index contributed by atoms with van der Waals surface area (Å²) in [5, 5.41) is 4.38. The molecule has 2 aromatic carbocycles. The number of amides is 2. The van der Waals surface area contributed by atoms with Gasteiger partial charge in [-0.25, -0.2) is 4.79 Å². The summed E-state index contributed by atoms with van der Waals surface area (Å²) >= 11 is 0. The number of rotatable bonds is 3. The van der Waals surface area contributed by atoms with Crippen molar-refractivity contribution in [3.8, 4) is 0 Å². The molecule has 0 fully saturated rings. The van der Waals surface area contributed by atoms with Crippen molar-refractivity contribution in [3.05, 3.63) is 65.4 Å². The van der Waals surface area contributed by atoms with Crippen LogP contribution in [0, 0.1) is 6.92 Å². The summed E-state index contributed by atoms with van der Waals surface area (Å²) in [5.74, 6) is 0. The Morgan fingerprint density at radius 3 is 2.81 bits per heavy atom. The molecule has 1 aliphatic heterocycles. The lowest BCUT2D eigenvalue weighted by atomic mass is 10.1. The third-order valence-electron chi connectivity index (χ3n) is 5.10. The van der Waals surface area contributed by atoms with E-state index in [1.165, 1.54) is 22.0 Å². The fraction of sp³-hybridized carbons (Fsp3) is 0.318. The topological polar surface area (TPSA) is 37.3 Å². The monoisotopic (exact) mass is 347 g/mol. The molecule has 0 radical (unpaired) electrons. The number of anilines is 1. The summed E-state index contributed by atoms with van der Waals surface area (Å²) in [6.45, 7) is 6.66. The van der Waals surface area contributed by atoms with Gasteiger partial charge in [-0.3, -0.25) is 0 Å². The van der Waals surface area contributed by atoms with Crippen LogP contribution in [0.1, 0.15) is 30.0 Å². The van der Waals surface area contributed by atoms with Crippen LogP contribution in [0.15, 0.2) is 48.7 Å². The molecule has 0 bridgehead atoms. The quantitative estimate of drug-likeness (QED) is 0.715. The second-order valence-electron chi connectivity index (χ2n) is 7.13. The predicted octanol–water partition coefficient (Wildman–Crippen LogP) is 4.95. The Hall–Kier alpha value is -2.75. The minimum Gasteiger partial charge on any atom is -0.347 e. The Kier molecular flexibility index (Phi) is 4.41. The van der Waals surface area contributed by atoms with Crippen LogP contribution in [-0.4, -0.2) is 22.0 Å². The lowest BCUT2D eigenvalue weighted by molar-refractivity contribution is 0.210. The van der Waals surface area contributed by atoms with Gasteiger partial charge in [0.1, 0.15) is 0 Å². The van der Waals surface area contributed by atoms with Crippen molar-refractivity contribution in [1.82, 2.24) is 9.47 Å². The minimum absolute atomic E-state index is 0.0285. The molecule has 0 atom stereocenters. The molecule has 4 rings (SSSR count). The maximum atomic E-state index is 12.8. The van der Waals surface area contributed by atoms with E-state index in [9.17, 15) is 4.79 Å². The van der Waals surface area contributed by atoms with Crippen LogP contribution >= 0.6 is 0 Å². The van der Waals surface area contributed by atoms with Crippen LogP contribution in [-0.2, 0) is 19.5 Å². The van der Waals surface area contributed by atoms with Gasteiger partial charge in [-0.1, -0.05) is 31.2 Å². The second kappa shape index (κ2) is 6.87. The molecule has 1 aromatic heterocycles. The Morgan fingerprint density at radius 2 is 2.00 bits per heavy atom. The van der Waals surface area contributed by atoms with E-state index in [1.54, 1.807) is 0 Å². The van der Waals surface area contributed by atoms with Gasteiger partial charge in [-0.05, 0) is 54.7 Å². The standard InChI is InChI=1S/C22H25N3O/c1-3-11-24-14-18-10-12-25(15-17-7-5-9-20(24)21(17)18)22(26)23-19-8-4-6-16(2)13-19/h4-9,13-14H,3,10-12,15H2,1-2H3,(H,23,26). The molecule has 1 N–H and O–H groups in total. The number of aryl methyl sites for hydroxylation is 2. The number of urea groups is 1. The number of carbonyl (C=O) groups is 1. The van der Waals surface area contributed by atoms with E-state index in [-0.39, 0.29) is 6.03 Å². The van der Waals surface area contributed by atoms with Gasteiger partial charge in [0.2, 0.25) is 0 Å². The van der Waals surface area contributed by atoms with E-state index in [2.05, 4.69) is 41.2 Å². The van der Waals surface area contributed by atoms with Crippen molar-refractivity contribution in [2.45, 2.75) is 39.8 Å². The molecule has 2 heterocycles. The summed E-state index contributed by atoms with van der Waals surface area (Å²) in [6, 6.07) is 14.4. The molecule has 0 saturated carbocycles. The Morgan fingerprint density at radius 1 is 1.15 bits per heavy atom. The van der Waals surface area contributed by atoms with Gasteiger partial charge >= 0.3 is 6.03 Å². The number of hydrogen-bond donors (Lipinski definition) is 1. The highest BCUT2D eigenvalue weighted by molar-refractivity contribution is 5.92. The summed E-state index contributed by atoms with van der Waals surface area (Å²) in [7, 11) is 0. The largest absolute Gasteiger partial charge is 0.347 e.